The molecule has 0 radical (unpaired) electrons. The number of benzene rings is 1. The zero-order chi connectivity index (χ0) is 19.4. The number of carbonyl (C=O) groups is 2. The largest absolute Gasteiger partial charge is 0.465 e. The van der Waals surface area contributed by atoms with Gasteiger partial charge < -0.3 is 20.1 Å². The Labute approximate surface area is 166 Å². The molecule has 6 nitrogen and oxygen atoms in total. The number of anilines is 1. The normalized spacial score (nSPS) is 14.6. The summed E-state index contributed by atoms with van der Waals surface area (Å²) in [4.78, 5) is 24.3. The monoisotopic (exact) mass is 408 g/mol. The highest BCUT2D eigenvalue weighted by atomic mass is 35.5. The predicted octanol–water partition coefficient (Wildman–Crippen LogP) is 3.94. The van der Waals surface area contributed by atoms with Crippen LogP contribution in [0.1, 0.15) is 29.4 Å². The summed E-state index contributed by atoms with van der Waals surface area (Å²) in [6, 6.07) is 8.24. The van der Waals surface area contributed by atoms with Crippen LogP contribution in [0.3, 0.4) is 0 Å². The summed E-state index contributed by atoms with van der Waals surface area (Å²) in [5.41, 5.74) is 1.82. The lowest BCUT2D eigenvalue weighted by molar-refractivity contribution is -0.131. The average Bonchev–Trinajstić information content (AvgIpc) is 2.98. The summed E-state index contributed by atoms with van der Waals surface area (Å²) >= 11 is 7.60. The van der Waals surface area contributed by atoms with Gasteiger partial charge in [-0.2, -0.15) is 0 Å². The molecule has 27 heavy (non-hydrogen) atoms. The van der Waals surface area contributed by atoms with Crippen LogP contribution in [0, 0.1) is 0 Å². The molecule has 1 aliphatic heterocycles. The molecule has 0 amide bonds. The lowest BCUT2D eigenvalue weighted by Gasteiger charge is -2.24. The third kappa shape index (κ3) is 4.61. The van der Waals surface area contributed by atoms with Crippen LogP contribution in [-0.4, -0.2) is 38.2 Å². The van der Waals surface area contributed by atoms with Crippen molar-refractivity contribution >= 4 is 40.6 Å². The lowest BCUT2D eigenvalue weighted by atomic mass is 10.1. The molecule has 144 valence electrons. The second-order valence-electron chi connectivity index (χ2n) is 6.24. The second-order valence-corrected chi connectivity index (χ2v) is 7.64. The molecule has 1 aliphatic rings. The first-order chi connectivity index (χ1) is 13.0. The van der Waals surface area contributed by atoms with E-state index in [4.69, 9.17) is 21.1 Å². The quantitative estimate of drug-likeness (QED) is 0.729. The first kappa shape index (κ1) is 19.7. The van der Waals surface area contributed by atoms with Crippen molar-refractivity contribution in [1.29, 1.82) is 0 Å². The number of esters is 2. The summed E-state index contributed by atoms with van der Waals surface area (Å²) in [6.45, 7) is 3.27. The fraction of sp³-hybridized carbons (Fsp3) is 0.368. The van der Waals surface area contributed by atoms with Gasteiger partial charge in [0.25, 0.3) is 0 Å². The molecule has 0 aliphatic carbocycles. The van der Waals surface area contributed by atoms with E-state index in [9.17, 15) is 9.59 Å². The number of hydrogen-bond donors (Lipinski definition) is 2. The molecular formula is C19H21ClN2O4S. The maximum absolute atomic E-state index is 12.1. The molecule has 0 saturated carbocycles. The molecule has 2 heterocycles. The molecule has 0 spiro atoms. The Balaban J connectivity index is 1.93. The first-order valence-corrected chi connectivity index (χ1v) is 9.85. The predicted molar refractivity (Wildman–Crippen MR) is 107 cm³/mol. The number of nitrogens with one attached hydrogen (secondary N) is 2. The van der Waals surface area contributed by atoms with Crippen LogP contribution in [0.4, 0.5) is 5.69 Å². The summed E-state index contributed by atoms with van der Waals surface area (Å²) in [5.74, 6) is -1.09. The Morgan fingerprint density at radius 1 is 1.30 bits per heavy atom. The highest BCUT2D eigenvalue weighted by molar-refractivity contribution is 7.18. The second kappa shape index (κ2) is 8.73. The van der Waals surface area contributed by atoms with Crippen LogP contribution in [-0.2, 0) is 9.53 Å². The van der Waals surface area contributed by atoms with Crippen LogP contribution >= 0.6 is 22.9 Å². The zero-order valence-electron chi connectivity index (χ0n) is 15.1. The van der Waals surface area contributed by atoms with E-state index < -0.39 is 11.9 Å². The number of carbonyl (C=O) groups excluding carboxylic acids is 2. The van der Waals surface area contributed by atoms with E-state index in [2.05, 4.69) is 10.6 Å². The number of rotatable bonds is 5. The van der Waals surface area contributed by atoms with E-state index in [1.54, 1.807) is 0 Å². The van der Waals surface area contributed by atoms with E-state index in [-0.39, 0.29) is 15.6 Å². The van der Waals surface area contributed by atoms with Crippen molar-refractivity contribution in [2.24, 2.45) is 0 Å². The van der Waals surface area contributed by atoms with Crippen molar-refractivity contribution in [1.82, 2.24) is 5.32 Å². The SMILES string of the molecule is COC(=O)c1sc(-c2cccc(NC3CCNCC3)c2)c(Cl)c1OC(C)=O. The van der Waals surface area contributed by atoms with Gasteiger partial charge in [0.1, 0.15) is 5.02 Å². The van der Waals surface area contributed by atoms with Gasteiger partial charge in [0.05, 0.1) is 12.0 Å². The smallest absolute Gasteiger partial charge is 0.351 e. The van der Waals surface area contributed by atoms with Gasteiger partial charge in [-0.3, -0.25) is 4.79 Å². The van der Waals surface area contributed by atoms with Crippen LogP contribution in [0.5, 0.6) is 5.75 Å². The highest BCUT2D eigenvalue weighted by Crippen LogP contribution is 2.46. The van der Waals surface area contributed by atoms with Gasteiger partial charge in [-0.05, 0) is 43.6 Å². The molecule has 1 fully saturated rings. The lowest BCUT2D eigenvalue weighted by Crippen LogP contribution is -2.35. The zero-order valence-corrected chi connectivity index (χ0v) is 16.7. The van der Waals surface area contributed by atoms with Crippen molar-refractivity contribution in [3.8, 4) is 16.2 Å². The minimum Gasteiger partial charge on any atom is -0.465 e. The molecule has 1 aromatic carbocycles. The third-order valence-electron chi connectivity index (χ3n) is 4.26. The van der Waals surface area contributed by atoms with Gasteiger partial charge in [-0.1, -0.05) is 23.7 Å². The topological polar surface area (TPSA) is 76.7 Å². The molecule has 1 saturated heterocycles. The summed E-state index contributed by atoms with van der Waals surface area (Å²) < 4.78 is 9.96. The maximum Gasteiger partial charge on any atom is 0.351 e. The number of methoxy groups -OCH3 is 1. The van der Waals surface area contributed by atoms with E-state index in [0.717, 1.165) is 48.5 Å². The van der Waals surface area contributed by atoms with Crippen LogP contribution < -0.4 is 15.4 Å². The number of halogens is 1. The molecule has 8 heteroatoms. The molecule has 0 atom stereocenters. The summed E-state index contributed by atoms with van der Waals surface area (Å²) in [7, 11) is 1.27. The van der Waals surface area contributed by atoms with Crippen molar-refractivity contribution in [3.63, 3.8) is 0 Å². The molecule has 2 N–H and O–H groups in total. The number of ether oxygens (including phenoxy) is 2. The van der Waals surface area contributed by atoms with Gasteiger partial charge in [0.15, 0.2) is 10.6 Å². The number of piperidine rings is 1. The molecule has 3 rings (SSSR count). The van der Waals surface area contributed by atoms with Crippen molar-refractivity contribution < 1.29 is 19.1 Å². The van der Waals surface area contributed by atoms with E-state index in [0.29, 0.717) is 10.9 Å². The maximum atomic E-state index is 12.1. The van der Waals surface area contributed by atoms with Crippen LogP contribution in [0.2, 0.25) is 5.02 Å². The fourth-order valence-electron chi connectivity index (χ4n) is 3.00. The van der Waals surface area contributed by atoms with Crippen LogP contribution in [0.15, 0.2) is 24.3 Å². The number of hydrogen-bond acceptors (Lipinski definition) is 7. The Morgan fingerprint density at radius 3 is 2.70 bits per heavy atom. The Hall–Kier alpha value is -2.09. The Morgan fingerprint density at radius 2 is 2.04 bits per heavy atom. The molecule has 2 aromatic rings. The molecular weight excluding hydrogens is 388 g/mol. The van der Waals surface area contributed by atoms with Crippen LogP contribution in [0.25, 0.3) is 10.4 Å². The van der Waals surface area contributed by atoms with Gasteiger partial charge in [-0.25, -0.2) is 4.79 Å². The van der Waals surface area contributed by atoms with Gasteiger partial charge in [-0.15, -0.1) is 11.3 Å². The molecule has 0 bridgehead atoms. The van der Waals surface area contributed by atoms with E-state index >= 15 is 0 Å². The number of thiophene rings is 1. The Bertz CT molecular complexity index is 846. The summed E-state index contributed by atoms with van der Waals surface area (Å²) in [6.07, 6.45) is 2.13. The van der Waals surface area contributed by atoms with Crippen molar-refractivity contribution in [3.05, 3.63) is 34.2 Å². The average molecular weight is 409 g/mol. The summed E-state index contributed by atoms with van der Waals surface area (Å²) in [5, 5.41) is 7.12. The van der Waals surface area contributed by atoms with E-state index in [1.807, 2.05) is 24.3 Å². The van der Waals surface area contributed by atoms with Crippen molar-refractivity contribution in [2.45, 2.75) is 25.8 Å². The minimum absolute atomic E-state index is 0.0488. The first-order valence-electron chi connectivity index (χ1n) is 8.66. The minimum atomic E-state index is -0.589. The molecule has 1 aromatic heterocycles. The standard InChI is InChI=1S/C19H21ClN2O4S/c1-11(23)26-16-15(20)17(27-18(16)19(24)25-2)12-4-3-5-14(10-12)22-13-6-8-21-9-7-13/h3-5,10,13,21-22H,6-9H2,1-2H3. The van der Waals surface area contributed by atoms with Gasteiger partial charge >= 0.3 is 11.9 Å². The van der Waals surface area contributed by atoms with Gasteiger partial charge in [0, 0.05) is 18.7 Å². The van der Waals surface area contributed by atoms with Gasteiger partial charge in [0.2, 0.25) is 0 Å². The van der Waals surface area contributed by atoms with Crippen molar-refractivity contribution in [2.75, 3.05) is 25.5 Å². The van der Waals surface area contributed by atoms with E-state index in [1.165, 1.54) is 14.0 Å². The highest BCUT2D eigenvalue weighted by Gasteiger charge is 2.26. The molecule has 0 unspecified atom stereocenters. The third-order valence-corrected chi connectivity index (χ3v) is 5.93. The fourth-order valence-corrected chi connectivity index (χ4v) is 4.44. The Kier molecular flexibility index (Phi) is 6.36.